The summed E-state index contributed by atoms with van der Waals surface area (Å²) in [6.45, 7) is 3.85. The molecule has 0 fully saturated rings. The van der Waals surface area contributed by atoms with E-state index in [-0.39, 0.29) is 0 Å². The van der Waals surface area contributed by atoms with Crippen LogP contribution in [0.4, 0.5) is 0 Å². The molecule has 0 amide bonds. The van der Waals surface area contributed by atoms with Gasteiger partial charge in [0.25, 0.3) is 0 Å². The number of benzene rings is 8. The molecule has 104 heavy (non-hydrogen) atoms. The van der Waals surface area contributed by atoms with Crippen molar-refractivity contribution in [3.05, 3.63) is 354 Å². The van der Waals surface area contributed by atoms with E-state index in [0.29, 0.717) is 39.5 Å². The van der Waals surface area contributed by atoms with Crippen molar-refractivity contribution in [2.75, 3.05) is 0 Å². The van der Waals surface area contributed by atoms with Gasteiger partial charge in [-0.3, -0.25) is 19.9 Å². The second kappa shape index (κ2) is 36.1. The van der Waals surface area contributed by atoms with Gasteiger partial charge in [-0.15, -0.1) is 6.58 Å². The van der Waals surface area contributed by atoms with Crippen molar-refractivity contribution in [1.82, 2.24) is 38.6 Å². The van der Waals surface area contributed by atoms with Gasteiger partial charge in [0.05, 0.1) is 93.4 Å². The molecule has 8 heterocycles. The molecular weight excluding hydrogens is 1450 g/mol. The predicted octanol–water partition coefficient (Wildman–Crippen LogP) is 21.4. The van der Waals surface area contributed by atoms with Crippen LogP contribution in [0, 0.1) is 45.3 Å². The van der Waals surface area contributed by atoms with Crippen LogP contribution >= 0.6 is 44.7 Å². The van der Waals surface area contributed by atoms with Gasteiger partial charge in [0, 0.05) is 97.1 Å². The first-order valence-corrected chi connectivity index (χ1v) is 33.8. The standard InChI is InChI=1S/C23H17N3O.C20H12BrN3O.C20H13N3O.C13H8BrNO.C7H6N2.BHNS/c1-2-3-18-16-26(23-15-25-13-12-22(18)23)19-6-10-21(11-7-19)27-20-8-4-17(14-24)5-9-20;21-19-13-24(20-12-23-10-9-18(19)20)15-3-7-17(8-4-15)25-16-5-1-14(11-22)2-6-16;21-13-15-1-5-18(6-2-15)24-19-7-3-17(4-8-19)23-12-10-16-9-11-22-14-20(16)23;14-11-3-7-13(8-4-11)16-12-5-1-10(9-15)2-6-12;1-3-8-5-7-6(1)2-4-9-7;1-2-3/h2,4-13,15-16H,1,3H2;1-10,12-13H;1-12,14H;1-8H;1-5,9H;3H. The Kier molecular flexibility index (Phi) is 24.9. The molecule has 16 rings (SSSR count). The van der Waals surface area contributed by atoms with Gasteiger partial charge in [0.2, 0.25) is 0 Å². The number of aromatic nitrogens is 8. The summed E-state index contributed by atoms with van der Waals surface area (Å²) in [5, 5.41) is 39.8. The molecular formula is C83H57BBr2N13O4S. The number of halogens is 2. The van der Waals surface area contributed by atoms with Crippen LogP contribution < -0.4 is 18.9 Å². The summed E-state index contributed by atoms with van der Waals surface area (Å²) in [6, 6.07) is 79.8. The Morgan fingerprint density at radius 2 is 0.769 bits per heavy atom. The molecule has 0 aliphatic rings. The average Bonchev–Trinajstić information content (AvgIpc) is 1.65. The van der Waals surface area contributed by atoms with Crippen molar-refractivity contribution < 1.29 is 18.9 Å². The number of hydrogen-bond donors (Lipinski definition) is 2. The molecule has 0 aliphatic heterocycles. The van der Waals surface area contributed by atoms with Gasteiger partial charge in [-0.25, -0.2) is 0 Å². The quantitative estimate of drug-likeness (QED) is 0.0624. The van der Waals surface area contributed by atoms with Gasteiger partial charge < -0.3 is 37.6 Å². The van der Waals surface area contributed by atoms with Crippen molar-refractivity contribution >= 4 is 95.9 Å². The summed E-state index contributed by atoms with van der Waals surface area (Å²) in [5.41, 5.74) is 11.1. The van der Waals surface area contributed by atoms with Gasteiger partial charge in [-0.05, 0) is 258 Å². The molecule has 0 spiro atoms. The zero-order valence-corrected chi connectivity index (χ0v) is 59.2. The molecule has 501 valence electrons. The van der Waals surface area contributed by atoms with E-state index in [1.165, 1.54) is 16.3 Å². The number of thiol groups is 1. The first-order chi connectivity index (χ1) is 51.0. The topological polar surface area (TPSA) is 227 Å². The zero-order chi connectivity index (χ0) is 72.4. The van der Waals surface area contributed by atoms with Crippen LogP contribution in [0.15, 0.2) is 331 Å². The van der Waals surface area contributed by atoms with Crippen molar-refractivity contribution in [3.63, 3.8) is 0 Å². The molecule has 1 N–H and O–H groups in total. The smallest absolute Gasteiger partial charge is 0.0640 e. The van der Waals surface area contributed by atoms with Crippen LogP contribution in [0.2, 0.25) is 0 Å². The second-order valence-corrected chi connectivity index (χ2v) is 24.2. The second-order valence-electron chi connectivity index (χ2n) is 22.2. The summed E-state index contributed by atoms with van der Waals surface area (Å²) in [5.74, 6) is 5.83. The fraction of sp³-hybridized carbons (Fsp3) is 0.0120. The third-order valence-corrected chi connectivity index (χ3v) is 16.7. The summed E-state index contributed by atoms with van der Waals surface area (Å²) < 4.78 is 34.1. The minimum Gasteiger partial charge on any atom is -0.360 e. The summed E-state index contributed by atoms with van der Waals surface area (Å²) >= 11 is 10.1. The molecule has 0 saturated heterocycles. The molecule has 0 bridgehead atoms. The minimum absolute atomic E-state index is 0.612. The van der Waals surface area contributed by atoms with Crippen LogP contribution in [0.5, 0.6) is 46.0 Å². The molecule has 0 atom stereocenters. The maximum Gasteiger partial charge on any atom is 0.0640 e. The van der Waals surface area contributed by atoms with Gasteiger partial charge in [0.1, 0.15) is 46.0 Å². The number of aromatic amines is 1. The van der Waals surface area contributed by atoms with E-state index < -0.39 is 0 Å². The number of allylic oxidation sites excluding steroid dienone is 1. The predicted molar refractivity (Wildman–Crippen MR) is 417 cm³/mol. The molecule has 17 nitrogen and oxygen atoms in total. The number of ether oxygens (including phenoxy) is 4. The Morgan fingerprint density at radius 3 is 1.18 bits per heavy atom. The molecule has 8 aromatic heterocycles. The Balaban J connectivity index is 0.000000133. The fourth-order valence-electron chi connectivity index (χ4n) is 10.5. The van der Waals surface area contributed by atoms with Crippen molar-refractivity contribution in [2.45, 2.75) is 6.42 Å². The molecule has 0 unspecified atom stereocenters. The number of H-pyrrole nitrogens is 1. The van der Waals surface area contributed by atoms with Gasteiger partial charge >= 0.3 is 24.8 Å². The van der Waals surface area contributed by atoms with E-state index in [2.05, 4.69) is 138 Å². The number of nitrogens with zero attached hydrogens (tertiary/aromatic N) is 12. The van der Waals surface area contributed by atoms with E-state index in [4.69, 9.17) is 40.0 Å². The summed E-state index contributed by atoms with van der Waals surface area (Å²) in [6.07, 6.45) is 25.4. The molecule has 21 heteroatoms. The third kappa shape index (κ3) is 19.1. The number of hydrogen-bond acceptors (Lipinski definition) is 14. The first kappa shape index (κ1) is 71.9. The number of fused-ring (bicyclic) bond motifs is 4. The molecule has 0 saturated carbocycles. The largest absolute Gasteiger partial charge is 0.360 e. The molecule has 16 aromatic rings. The first-order valence-electron chi connectivity index (χ1n) is 31.8. The van der Waals surface area contributed by atoms with Gasteiger partial charge in [-0.2, -0.15) is 21.0 Å². The number of pyridine rings is 4. The Morgan fingerprint density at radius 1 is 0.423 bits per heavy atom. The van der Waals surface area contributed by atoms with Crippen molar-refractivity contribution in [3.8, 4) is 87.3 Å². The van der Waals surface area contributed by atoms with E-state index in [0.717, 1.165) is 94.0 Å². The van der Waals surface area contributed by atoms with Gasteiger partial charge in [-0.1, -0.05) is 22.0 Å². The van der Waals surface area contributed by atoms with E-state index in [9.17, 15) is 0 Å². The SMILES string of the molecule is C=CCc1cn(-c2ccc(Oc3ccc(C#N)cc3)cc2)c2cnccc12.N#Cc1ccc(Oc2ccc(-n3cc(Br)c4ccncc43)cc2)cc1.N#Cc1ccc(Oc2ccc(-n3ccc4ccncc43)cc2)cc1.N#Cc1ccc(Oc2ccc(Br)cc2)cc1.[B]=NS.c1cc2cc[nH]c2cn1. The average molecular weight is 1500 g/mol. The fourth-order valence-corrected chi connectivity index (χ4v) is 11.3. The van der Waals surface area contributed by atoms with Crippen LogP contribution in [-0.4, -0.2) is 46.3 Å². The summed E-state index contributed by atoms with van der Waals surface area (Å²) in [4.78, 5) is 19.7. The molecule has 1 radical (unpaired) electrons. The molecule has 8 aromatic carbocycles. The van der Waals surface area contributed by atoms with Crippen LogP contribution in [-0.2, 0) is 6.42 Å². The zero-order valence-electron chi connectivity index (χ0n) is 55.1. The number of rotatable bonds is 13. The number of nitriles is 4. The normalized spacial score (nSPS) is 10.1. The van der Waals surface area contributed by atoms with Gasteiger partial charge in [0.15, 0.2) is 0 Å². The Bertz CT molecular complexity index is 5680. The van der Waals surface area contributed by atoms with E-state index in [1.54, 1.807) is 116 Å². The van der Waals surface area contributed by atoms with Crippen LogP contribution in [0.25, 0.3) is 60.7 Å². The third-order valence-electron chi connectivity index (χ3n) is 15.5. The maximum absolute atomic E-state index is 8.86. The van der Waals surface area contributed by atoms with E-state index >= 15 is 0 Å². The Hall–Kier alpha value is -13.4. The summed E-state index contributed by atoms with van der Waals surface area (Å²) in [7, 11) is 4.34. The van der Waals surface area contributed by atoms with E-state index in [1.807, 2.05) is 183 Å². The number of nitrogens with one attached hydrogen (secondary N) is 1. The van der Waals surface area contributed by atoms with Crippen LogP contribution in [0.3, 0.4) is 0 Å². The Labute approximate surface area is 622 Å². The molecule has 0 aliphatic carbocycles. The van der Waals surface area contributed by atoms with Crippen molar-refractivity contribution in [1.29, 1.82) is 21.0 Å². The minimum atomic E-state index is 0.612. The maximum atomic E-state index is 8.86. The monoisotopic (exact) mass is 1500 g/mol. The van der Waals surface area contributed by atoms with Crippen molar-refractivity contribution in [2.24, 2.45) is 4.30 Å². The van der Waals surface area contributed by atoms with Crippen LogP contribution in [0.1, 0.15) is 27.8 Å².